The van der Waals surface area contributed by atoms with Crippen LogP contribution in [0.1, 0.15) is 38.1 Å². The molecule has 0 bridgehead atoms. The topological polar surface area (TPSA) is 70.5 Å². The number of fused-ring (bicyclic) bond motifs is 2. The summed E-state index contributed by atoms with van der Waals surface area (Å²) in [4.78, 5) is 14.8. The lowest BCUT2D eigenvalue weighted by Crippen LogP contribution is -3.11. The summed E-state index contributed by atoms with van der Waals surface area (Å²) in [6.07, 6.45) is 0.827. The number of esters is 1. The van der Waals surface area contributed by atoms with E-state index in [1.54, 1.807) is 18.4 Å². The maximum Gasteiger partial charge on any atom is 0.341 e. The third kappa shape index (κ3) is 2.87. The summed E-state index contributed by atoms with van der Waals surface area (Å²) in [7, 11) is 5.20. The molecule has 2 aromatic rings. The van der Waals surface area contributed by atoms with Crippen molar-refractivity contribution in [1.82, 2.24) is 0 Å². The summed E-state index contributed by atoms with van der Waals surface area (Å²) in [5.41, 5.74) is 3.78. The molecule has 2 aliphatic heterocycles. The average molecular weight is 405 g/mol. The predicted octanol–water partition coefficient (Wildman–Crippen LogP) is 2.07. The van der Waals surface area contributed by atoms with Crippen molar-refractivity contribution < 1.29 is 28.6 Å². The van der Waals surface area contributed by atoms with Gasteiger partial charge in [0.1, 0.15) is 5.00 Å². The number of carbonyl (C=O) groups is 1. The van der Waals surface area contributed by atoms with Crippen LogP contribution in [0.4, 0.5) is 5.00 Å². The Morgan fingerprint density at radius 3 is 2.82 bits per heavy atom. The van der Waals surface area contributed by atoms with Crippen LogP contribution in [0, 0.1) is 13.8 Å². The van der Waals surface area contributed by atoms with Gasteiger partial charge in [-0.2, -0.15) is 0 Å². The molecule has 150 valence electrons. The van der Waals surface area contributed by atoms with E-state index in [9.17, 15) is 4.79 Å². The van der Waals surface area contributed by atoms with Crippen molar-refractivity contribution in [2.24, 2.45) is 0 Å². The highest BCUT2D eigenvalue weighted by Gasteiger charge is 2.37. The van der Waals surface area contributed by atoms with Crippen LogP contribution >= 0.6 is 11.3 Å². The largest absolute Gasteiger partial charge is 0.492 e. The van der Waals surface area contributed by atoms with Gasteiger partial charge < -0.3 is 29.2 Å². The molecule has 1 aromatic heterocycles. The van der Waals surface area contributed by atoms with Crippen molar-refractivity contribution in [3.63, 3.8) is 0 Å². The Morgan fingerprint density at radius 1 is 1.32 bits per heavy atom. The quantitative estimate of drug-likeness (QED) is 0.759. The highest BCUT2D eigenvalue weighted by atomic mass is 32.1. The molecule has 2 atom stereocenters. The molecule has 0 aliphatic carbocycles. The summed E-state index contributed by atoms with van der Waals surface area (Å²) in [6, 6.07) is 2.05. The number of quaternary nitrogens is 1. The number of ether oxygens (including phenoxy) is 4. The Hall–Kier alpha value is -2.45. The van der Waals surface area contributed by atoms with Gasteiger partial charge in [0.15, 0.2) is 17.7 Å². The van der Waals surface area contributed by atoms with E-state index in [0.717, 1.165) is 39.7 Å². The fraction of sp³-hybridized carbons (Fsp3) is 0.450. The second-order valence-electron chi connectivity index (χ2n) is 7.12. The number of carbonyl (C=O) groups excluding carboxylic acids is 1. The van der Waals surface area contributed by atoms with E-state index in [4.69, 9.17) is 18.9 Å². The van der Waals surface area contributed by atoms with Crippen LogP contribution in [0.2, 0.25) is 0 Å². The first-order chi connectivity index (χ1) is 13.5. The van der Waals surface area contributed by atoms with Crippen molar-refractivity contribution in [2.75, 3.05) is 39.9 Å². The van der Waals surface area contributed by atoms with Crippen molar-refractivity contribution >= 4 is 22.3 Å². The van der Waals surface area contributed by atoms with E-state index >= 15 is 0 Å². The van der Waals surface area contributed by atoms with Gasteiger partial charge in [-0.1, -0.05) is 0 Å². The predicted molar refractivity (Wildman–Crippen MR) is 106 cm³/mol. The minimum Gasteiger partial charge on any atom is -0.492 e. The SMILES string of the molecule is COC(=O)c1c(N[C@H]2c3c(cc4c(c3OC)OCO4)CC[NH+]2C)sc(C)c1C. The second-order valence-corrected chi connectivity index (χ2v) is 8.34. The highest BCUT2D eigenvalue weighted by Crippen LogP contribution is 2.48. The van der Waals surface area contributed by atoms with Gasteiger partial charge >= 0.3 is 5.97 Å². The molecule has 0 saturated heterocycles. The molecule has 3 heterocycles. The van der Waals surface area contributed by atoms with Crippen LogP contribution in [0.15, 0.2) is 6.07 Å². The molecule has 2 aliphatic rings. The van der Waals surface area contributed by atoms with Gasteiger partial charge in [-0.3, -0.25) is 0 Å². The van der Waals surface area contributed by atoms with Gasteiger partial charge in [0.2, 0.25) is 12.5 Å². The Balaban J connectivity index is 1.81. The van der Waals surface area contributed by atoms with E-state index in [-0.39, 0.29) is 18.9 Å². The zero-order valence-electron chi connectivity index (χ0n) is 16.7. The summed E-state index contributed by atoms with van der Waals surface area (Å²) in [6.45, 7) is 5.12. The summed E-state index contributed by atoms with van der Waals surface area (Å²) in [5, 5.41) is 4.42. The van der Waals surface area contributed by atoms with E-state index in [2.05, 4.69) is 12.4 Å². The van der Waals surface area contributed by atoms with E-state index in [1.807, 2.05) is 19.9 Å². The van der Waals surface area contributed by atoms with Crippen molar-refractivity contribution in [3.8, 4) is 17.2 Å². The number of rotatable bonds is 4. The number of hydrogen-bond donors (Lipinski definition) is 2. The van der Waals surface area contributed by atoms with Crippen molar-refractivity contribution in [2.45, 2.75) is 26.4 Å². The molecule has 0 radical (unpaired) electrons. The van der Waals surface area contributed by atoms with Gasteiger partial charge in [-0.05, 0) is 31.0 Å². The summed E-state index contributed by atoms with van der Waals surface area (Å²) < 4.78 is 22.0. The molecule has 7 nitrogen and oxygen atoms in total. The van der Waals surface area contributed by atoms with E-state index in [1.165, 1.54) is 17.6 Å². The average Bonchev–Trinajstić information content (AvgIpc) is 3.26. The number of nitrogens with one attached hydrogen (secondary N) is 2. The van der Waals surface area contributed by atoms with Crippen LogP contribution in [0.25, 0.3) is 0 Å². The second kappa shape index (κ2) is 7.18. The smallest absolute Gasteiger partial charge is 0.341 e. The third-order valence-corrected chi connectivity index (χ3v) is 6.71. The molecule has 28 heavy (non-hydrogen) atoms. The van der Waals surface area contributed by atoms with Crippen LogP contribution in [0.3, 0.4) is 0 Å². The molecule has 4 rings (SSSR count). The van der Waals surface area contributed by atoms with Crippen molar-refractivity contribution in [3.05, 3.63) is 33.2 Å². The lowest BCUT2D eigenvalue weighted by atomic mass is 9.95. The van der Waals surface area contributed by atoms with Gasteiger partial charge in [-0.15, -0.1) is 11.3 Å². The molecule has 0 fully saturated rings. The Bertz CT molecular complexity index is 939. The summed E-state index contributed by atoms with van der Waals surface area (Å²) >= 11 is 1.57. The molecule has 0 spiro atoms. The zero-order chi connectivity index (χ0) is 20.0. The summed E-state index contributed by atoms with van der Waals surface area (Å²) in [5.74, 6) is 1.75. The zero-order valence-corrected chi connectivity index (χ0v) is 17.5. The Labute approximate surface area is 168 Å². The minimum atomic E-state index is -0.323. The fourth-order valence-electron chi connectivity index (χ4n) is 3.93. The maximum atomic E-state index is 12.4. The number of thiophene rings is 1. The van der Waals surface area contributed by atoms with Gasteiger partial charge in [0.05, 0.1) is 38.9 Å². The molecule has 2 N–H and O–H groups in total. The number of hydrogen-bond acceptors (Lipinski definition) is 7. The van der Waals surface area contributed by atoms with E-state index < -0.39 is 0 Å². The molecule has 1 aromatic carbocycles. The van der Waals surface area contributed by atoms with Gasteiger partial charge in [0.25, 0.3) is 0 Å². The molecular formula is C20H25N2O5S+. The first-order valence-electron chi connectivity index (χ1n) is 9.22. The van der Waals surface area contributed by atoms with Crippen molar-refractivity contribution in [1.29, 1.82) is 0 Å². The van der Waals surface area contributed by atoms with Gasteiger partial charge in [0, 0.05) is 11.3 Å². The monoisotopic (exact) mass is 405 g/mol. The molecule has 8 heteroatoms. The number of anilines is 1. The standard InChI is InChI=1S/C20H24N2O5S/c1-10-11(2)28-19(14(10)20(23)25-5)21-18-15-12(6-7-22(18)3)8-13-16(17(15)24-4)27-9-26-13/h8,18,21H,6-7,9H2,1-5H3/p+1/t18-/m1/s1. The lowest BCUT2D eigenvalue weighted by Gasteiger charge is -2.33. The first kappa shape index (κ1) is 18.9. The van der Waals surface area contributed by atoms with Crippen LogP contribution in [0.5, 0.6) is 17.2 Å². The Kier molecular flexibility index (Phi) is 4.84. The number of aryl methyl sites for hydroxylation is 1. The normalized spacial score (nSPS) is 19.9. The first-order valence-corrected chi connectivity index (χ1v) is 10.0. The number of methoxy groups -OCH3 is 2. The fourth-order valence-corrected chi connectivity index (χ4v) is 5.01. The maximum absolute atomic E-state index is 12.4. The van der Waals surface area contributed by atoms with Gasteiger partial charge in [-0.25, -0.2) is 4.79 Å². The minimum absolute atomic E-state index is 0.0888. The Morgan fingerprint density at radius 2 is 2.11 bits per heavy atom. The van der Waals surface area contributed by atoms with Crippen LogP contribution in [-0.2, 0) is 11.2 Å². The molecule has 0 amide bonds. The molecular weight excluding hydrogens is 380 g/mol. The number of likely N-dealkylation sites (N-methyl/N-ethyl adjacent to an activating group) is 1. The molecule has 0 saturated carbocycles. The number of benzene rings is 1. The van der Waals surface area contributed by atoms with Crippen LogP contribution in [-0.4, -0.2) is 40.6 Å². The lowest BCUT2D eigenvalue weighted by molar-refractivity contribution is -0.910. The highest BCUT2D eigenvalue weighted by molar-refractivity contribution is 7.16. The molecule has 1 unspecified atom stereocenters. The van der Waals surface area contributed by atoms with Crippen LogP contribution < -0.4 is 24.4 Å². The van der Waals surface area contributed by atoms with E-state index in [0.29, 0.717) is 17.1 Å². The third-order valence-electron chi connectivity index (χ3n) is 5.57.